The lowest BCUT2D eigenvalue weighted by Gasteiger charge is -2.46. The van der Waals surface area contributed by atoms with E-state index in [0.717, 1.165) is 11.3 Å². The van der Waals surface area contributed by atoms with Gasteiger partial charge in [0.1, 0.15) is 6.15 Å². The van der Waals surface area contributed by atoms with Crippen LogP contribution in [-0.2, 0) is 56.0 Å². The molecule has 446 valence electrons. The summed E-state index contributed by atoms with van der Waals surface area (Å²) in [6.07, 6.45) is -49.3. The van der Waals surface area contributed by atoms with Gasteiger partial charge in [-0.25, -0.2) is 0 Å². The molecule has 1 aliphatic rings. The Morgan fingerprint density at radius 3 is 0.929 bits per heavy atom. The van der Waals surface area contributed by atoms with E-state index in [1.54, 1.807) is 6.20 Å². The van der Waals surface area contributed by atoms with Gasteiger partial charge in [0.25, 0.3) is 0 Å². The summed E-state index contributed by atoms with van der Waals surface area (Å²) in [4.78, 5) is 17.2. The van der Waals surface area contributed by atoms with Gasteiger partial charge in [-0.2, -0.15) is 132 Å². The van der Waals surface area contributed by atoms with Crippen molar-refractivity contribution in [1.82, 2.24) is 4.98 Å². The number of ketones is 1. The number of hydrogen-bond acceptors (Lipinski definition) is 2. The Hall–Kier alpha value is -8.33. The lowest BCUT2D eigenvalue weighted by molar-refractivity contribution is -0.691. The summed E-state index contributed by atoms with van der Waals surface area (Å²) in [5.74, 6) is 0.169. The van der Waals surface area contributed by atoms with Crippen LogP contribution in [0.1, 0.15) is 77.6 Å². The quantitative estimate of drug-likeness (QED) is 0.0658. The number of fused-ring (bicyclic) bond motifs is 3. The molecule has 0 N–H and O–H groups in total. The van der Waals surface area contributed by atoms with Crippen molar-refractivity contribution in [2.45, 2.75) is 61.9 Å². The highest BCUT2D eigenvalue weighted by molar-refractivity contribution is 7.20. The zero-order valence-corrected chi connectivity index (χ0v) is 41.9. The van der Waals surface area contributed by atoms with Crippen molar-refractivity contribution in [3.63, 3.8) is 0 Å². The molecule has 1 heterocycles. The molecule has 0 atom stereocenters. The van der Waals surface area contributed by atoms with E-state index in [2.05, 4.69) is 53.5 Å². The second-order valence-corrected chi connectivity index (χ2v) is 19.2. The summed E-state index contributed by atoms with van der Waals surface area (Å²) in [5, 5.41) is 0. The zero-order valence-electron chi connectivity index (χ0n) is 41.9. The molecular weight excluding hydrogens is 1200 g/mol. The molecule has 0 bridgehead atoms. The van der Waals surface area contributed by atoms with Gasteiger partial charge in [-0.05, 0) is 46.5 Å². The van der Waals surface area contributed by atoms with Gasteiger partial charge < -0.3 is 0 Å². The summed E-state index contributed by atoms with van der Waals surface area (Å²) < 4.78 is 343. The smallest absolute Gasteiger partial charge is 0.287 e. The van der Waals surface area contributed by atoms with Crippen LogP contribution in [0.3, 0.4) is 0 Å². The molecule has 0 radical (unpaired) electrons. The molecule has 0 saturated heterocycles. The largest absolute Gasteiger partial charge is 0.416 e. The molecule has 85 heavy (non-hydrogen) atoms. The molecule has 1 aromatic heterocycles. The molecule has 28 heteroatoms. The van der Waals surface area contributed by atoms with E-state index in [1.165, 1.54) is 22.3 Å². The fourth-order valence-corrected chi connectivity index (χ4v) is 10.2. The van der Waals surface area contributed by atoms with E-state index < -0.39 is 195 Å². The summed E-state index contributed by atoms with van der Waals surface area (Å²) in [7, 11) is 0. The number of hydrogen-bond donors (Lipinski definition) is 0. The van der Waals surface area contributed by atoms with E-state index in [9.17, 15) is 110 Å². The minimum absolute atomic E-state index is 0.0738. The van der Waals surface area contributed by atoms with Crippen molar-refractivity contribution >= 4 is 33.8 Å². The average Bonchev–Trinajstić information content (AvgIpc) is 1.18. The summed E-state index contributed by atoms with van der Waals surface area (Å²) >= 11 is 0. The van der Waals surface area contributed by atoms with Crippen molar-refractivity contribution < 1.29 is 115 Å². The third-order valence-electron chi connectivity index (χ3n) is 13.9. The maximum Gasteiger partial charge on any atom is 0.416 e. The first-order valence-corrected chi connectivity index (χ1v) is 24.0. The van der Waals surface area contributed by atoms with Crippen LogP contribution in [-0.4, -0.2) is 16.9 Å². The highest BCUT2D eigenvalue weighted by Gasteiger charge is 2.47. The van der Waals surface area contributed by atoms with Crippen LogP contribution in [0.2, 0.25) is 0 Å². The molecule has 0 unspecified atom stereocenters. The predicted molar refractivity (Wildman–Crippen MR) is 258 cm³/mol. The number of aromatic nitrogens is 2. The van der Waals surface area contributed by atoms with Crippen LogP contribution in [0.25, 0.3) is 11.1 Å². The Kier molecular flexibility index (Phi) is 16.2. The van der Waals surface area contributed by atoms with Gasteiger partial charge in [-0.3, -0.25) is 9.78 Å². The van der Waals surface area contributed by atoms with E-state index in [0.29, 0.717) is 6.54 Å². The SMILES string of the molecule is FC(F)(F)c1cc([B-](c2cc(C(F)(F)F)cc(C(F)(F)F)c2)(c2cc(C(F)(F)F)cc(C(F)(F)F)c2)c2cc(C(F)(F)F)cc(C(F)(F)F)c2)cc(C(F)(F)F)c1.O=C(C[n+]1ccncc1C1c2ccccc2-c2ccccc21)c1ccccc1. The van der Waals surface area contributed by atoms with Gasteiger partial charge in [0.05, 0.1) is 62.8 Å². The van der Waals surface area contributed by atoms with E-state index >= 15 is 0 Å². The van der Waals surface area contributed by atoms with Crippen LogP contribution < -0.4 is 26.4 Å². The molecule has 0 amide bonds. The predicted octanol–water partition coefficient (Wildman–Crippen LogP) is 15.6. The number of nitrogens with zero attached hydrogens (tertiary/aromatic N) is 2. The van der Waals surface area contributed by atoms with Gasteiger partial charge in [0, 0.05) is 5.56 Å². The molecule has 0 aliphatic heterocycles. The molecule has 0 spiro atoms. The van der Waals surface area contributed by atoms with E-state index in [4.69, 9.17) is 0 Å². The number of benzene rings is 7. The van der Waals surface area contributed by atoms with E-state index in [1.807, 2.05) is 47.3 Å². The van der Waals surface area contributed by atoms with Gasteiger partial charge in [-0.1, -0.05) is 127 Å². The van der Waals surface area contributed by atoms with Crippen molar-refractivity contribution in [2.75, 3.05) is 0 Å². The minimum atomic E-state index is -6.13. The molecular formula is C57H31BF24N2O. The number of rotatable bonds is 8. The third kappa shape index (κ3) is 13.2. The Labute approximate surface area is 462 Å². The normalized spacial score (nSPS) is 13.7. The first-order chi connectivity index (χ1) is 39.1. The topological polar surface area (TPSA) is 33.8 Å². The number of carbonyl (C=O) groups excluding carboxylic acids is 1. The molecule has 9 rings (SSSR count). The van der Waals surface area contributed by atoms with Crippen molar-refractivity contribution in [3.8, 4) is 11.1 Å². The fraction of sp³-hybridized carbons (Fsp3) is 0.175. The monoisotopic (exact) mass is 1230 g/mol. The average molecular weight is 1230 g/mol. The summed E-state index contributed by atoms with van der Waals surface area (Å²) in [6, 6.07) is 17.6. The first-order valence-electron chi connectivity index (χ1n) is 24.0. The van der Waals surface area contributed by atoms with Gasteiger partial charge in [-0.15, -0.1) is 0 Å². The van der Waals surface area contributed by atoms with Gasteiger partial charge >= 0.3 is 49.4 Å². The van der Waals surface area contributed by atoms with Crippen LogP contribution in [0.4, 0.5) is 105 Å². The maximum absolute atomic E-state index is 14.2. The lowest BCUT2D eigenvalue weighted by atomic mass is 9.12. The highest BCUT2D eigenvalue weighted by Crippen LogP contribution is 2.47. The number of Topliss-reactive ketones (excluding diaryl/α,β-unsaturated/α-hetero) is 1. The Morgan fingerprint density at radius 2 is 0.647 bits per heavy atom. The van der Waals surface area contributed by atoms with Gasteiger partial charge in [0.2, 0.25) is 18.0 Å². The van der Waals surface area contributed by atoms with Crippen LogP contribution in [0, 0.1) is 0 Å². The molecule has 3 nitrogen and oxygen atoms in total. The third-order valence-corrected chi connectivity index (χ3v) is 13.9. The minimum Gasteiger partial charge on any atom is -0.287 e. The Balaban J connectivity index is 0.000000276. The fourth-order valence-electron chi connectivity index (χ4n) is 10.2. The number of halogens is 24. The van der Waals surface area contributed by atoms with Crippen LogP contribution >= 0.6 is 0 Å². The number of carbonyl (C=O) groups is 1. The molecule has 0 fully saturated rings. The Bertz CT molecular complexity index is 3310. The highest BCUT2D eigenvalue weighted by atomic mass is 19.4. The summed E-state index contributed by atoms with van der Waals surface area (Å²) in [5.41, 5.74) is -23.4. The lowest BCUT2D eigenvalue weighted by Crippen LogP contribution is -2.75. The van der Waals surface area contributed by atoms with Crippen molar-refractivity contribution in [3.05, 3.63) is 237 Å². The molecule has 1 aliphatic carbocycles. The molecule has 7 aromatic carbocycles. The van der Waals surface area contributed by atoms with Crippen molar-refractivity contribution in [1.29, 1.82) is 0 Å². The first kappa shape index (κ1) is 62.7. The van der Waals surface area contributed by atoms with Crippen LogP contribution in [0.5, 0.6) is 0 Å². The molecule has 8 aromatic rings. The standard InChI is InChI=1S/C32H12BF24.C25H19N2O/c34-25(35,36)13-1-14(26(37,38)39)6-21(5-13)33(22-7-15(27(40,41)42)2-16(8-22)28(43,44)45,23-9-17(29(46,47)48)3-18(10-23)30(49,50)51)24-11-19(31(52,53)54)4-20(12-24)32(55,56)57;28-24(18-8-2-1-3-9-18)17-27-15-14-26-16-23(27)25-21-12-6-4-10-19(21)20-11-5-7-13-22(20)25/h1-12H;1-16,25H,17H2/q-1;+1. The van der Waals surface area contributed by atoms with Crippen molar-refractivity contribution in [2.24, 2.45) is 0 Å². The van der Waals surface area contributed by atoms with Gasteiger partial charge in [0.15, 0.2) is 6.20 Å². The summed E-state index contributed by atoms with van der Waals surface area (Å²) in [6.45, 7) is 0.294. The second-order valence-electron chi connectivity index (χ2n) is 19.2. The Morgan fingerprint density at radius 1 is 0.376 bits per heavy atom. The van der Waals surface area contributed by atoms with E-state index in [-0.39, 0.29) is 11.7 Å². The van der Waals surface area contributed by atoms with Crippen LogP contribution in [0.15, 0.2) is 170 Å². The number of alkyl halides is 24. The second kappa shape index (κ2) is 21.9. The maximum atomic E-state index is 14.2. The zero-order chi connectivity index (χ0) is 62.8. The molecule has 0 saturated carbocycles.